The maximum Gasteiger partial charge on any atom is 0.343 e. The van der Waals surface area contributed by atoms with Crippen LogP contribution in [0.4, 0.5) is 8.78 Å². The maximum atomic E-state index is 13.6. The van der Waals surface area contributed by atoms with Gasteiger partial charge in [-0.15, -0.1) is 0 Å². The van der Waals surface area contributed by atoms with E-state index in [4.69, 9.17) is 16.3 Å². The normalized spacial score (nSPS) is 10.3. The molecule has 0 radical (unpaired) electrons. The van der Waals surface area contributed by atoms with Crippen LogP contribution in [0, 0.1) is 11.6 Å². The quantitative estimate of drug-likeness (QED) is 0.774. The van der Waals surface area contributed by atoms with E-state index < -0.39 is 35.7 Å². The van der Waals surface area contributed by atoms with Crippen molar-refractivity contribution >= 4 is 23.5 Å². The molecule has 2 aromatic rings. The Morgan fingerprint density at radius 3 is 2.42 bits per heavy atom. The van der Waals surface area contributed by atoms with Gasteiger partial charge in [0, 0.05) is 19.2 Å². The summed E-state index contributed by atoms with van der Waals surface area (Å²) < 4.78 is 31.9. The Balaban J connectivity index is 1.95. The Labute approximate surface area is 142 Å². The topological polar surface area (TPSA) is 46.6 Å². The Kier molecular flexibility index (Phi) is 5.87. The molecule has 0 N–H and O–H groups in total. The minimum absolute atomic E-state index is 0.0174. The van der Waals surface area contributed by atoms with Crippen LogP contribution in [0.25, 0.3) is 0 Å². The second-order valence-electron chi connectivity index (χ2n) is 5.01. The Morgan fingerprint density at radius 1 is 1.08 bits per heavy atom. The fraction of sp³-hybridized carbons (Fsp3) is 0.176. The number of nitrogens with zero attached hydrogens (tertiary/aromatic N) is 1. The molecule has 0 fully saturated rings. The summed E-state index contributed by atoms with van der Waals surface area (Å²) in [6.07, 6.45) is 0. The van der Waals surface area contributed by atoms with Crippen LogP contribution < -0.4 is 0 Å². The van der Waals surface area contributed by atoms with Crippen LogP contribution in [0.1, 0.15) is 15.9 Å². The van der Waals surface area contributed by atoms with Crippen LogP contribution in [0.2, 0.25) is 5.02 Å². The minimum Gasteiger partial charge on any atom is -0.452 e. The van der Waals surface area contributed by atoms with E-state index in [2.05, 4.69) is 0 Å². The van der Waals surface area contributed by atoms with Crippen molar-refractivity contribution in [1.29, 1.82) is 0 Å². The van der Waals surface area contributed by atoms with E-state index in [1.54, 1.807) is 18.2 Å². The highest BCUT2D eigenvalue weighted by Crippen LogP contribution is 2.19. The molecule has 2 rings (SSSR count). The Bertz CT molecular complexity index is 747. The fourth-order valence-corrected chi connectivity index (χ4v) is 2.21. The summed E-state index contributed by atoms with van der Waals surface area (Å²) in [5.41, 5.74) is -0.0967. The molecule has 0 bridgehead atoms. The Hall–Kier alpha value is -2.47. The molecule has 0 unspecified atom stereocenters. The summed E-state index contributed by atoms with van der Waals surface area (Å²) in [7, 11) is 1.44. The first-order valence-corrected chi connectivity index (χ1v) is 7.36. The van der Waals surface area contributed by atoms with Crippen LogP contribution in [-0.4, -0.2) is 30.4 Å². The van der Waals surface area contributed by atoms with Crippen molar-refractivity contribution in [3.05, 3.63) is 70.2 Å². The SMILES string of the molecule is CN(Cc1ccccc1F)C(=O)COC(=O)c1c(F)cccc1Cl. The van der Waals surface area contributed by atoms with Crippen molar-refractivity contribution < 1.29 is 23.1 Å². The predicted molar refractivity (Wildman–Crippen MR) is 84.6 cm³/mol. The standard InChI is InChI=1S/C17H14ClF2NO3/c1-21(9-11-5-2-3-7-13(11)19)15(22)10-24-17(23)16-12(18)6-4-8-14(16)20/h2-8H,9-10H2,1H3. The number of carbonyl (C=O) groups is 2. The van der Waals surface area contributed by atoms with Gasteiger partial charge in [0.1, 0.15) is 17.2 Å². The van der Waals surface area contributed by atoms with Crippen molar-refractivity contribution in [2.75, 3.05) is 13.7 Å². The summed E-state index contributed by atoms with van der Waals surface area (Å²) in [6, 6.07) is 9.78. The number of esters is 1. The first-order chi connectivity index (χ1) is 11.4. The highest BCUT2D eigenvalue weighted by Gasteiger charge is 2.19. The van der Waals surface area contributed by atoms with Gasteiger partial charge >= 0.3 is 5.97 Å². The van der Waals surface area contributed by atoms with Gasteiger partial charge in [-0.3, -0.25) is 4.79 Å². The third kappa shape index (κ3) is 4.29. The van der Waals surface area contributed by atoms with E-state index in [1.807, 2.05) is 0 Å². The fourth-order valence-electron chi connectivity index (χ4n) is 1.97. The van der Waals surface area contributed by atoms with Gasteiger partial charge in [0.2, 0.25) is 0 Å². The van der Waals surface area contributed by atoms with Crippen LogP contribution in [0.3, 0.4) is 0 Å². The molecule has 0 atom stereocenters. The van der Waals surface area contributed by atoms with Gasteiger partial charge in [0.15, 0.2) is 6.61 Å². The monoisotopic (exact) mass is 353 g/mol. The first-order valence-electron chi connectivity index (χ1n) is 6.98. The molecule has 0 aromatic heterocycles. The zero-order valence-corrected chi connectivity index (χ0v) is 13.5. The Morgan fingerprint density at radius 2 is 1.75 bits per heavy atom. The van der Waals surface area contributed by atoms with Gasteiger partial charge in [-0.2, -0.15) is 0 Å². The van der Waals surface area contributed by atoms with Crippen molar-refractivity contribution in [3.8, 4) is 0 Å². The average molecular weight is 354 g/mol. The van der Waals surface area contributed by atoms with Gasteiger partial charge in [-0.05, 0) is 18.2 Å². The minimum atomic E-state index is -1.04. The van der Waals surface area contributed by atoms with Crippen LogP contribution in [-0.2, 0) is 16.1 Å². The van der Waals surface area contributed by atoms with Crippen molar-refractivity contribution in [3.63, 3.8) is 0 Å². The molecule has 2 aromatic carbocycles. The lowest BCUT2D eigenvalue weighted by molar-refractivity contribution is -0.133. The molecule has 0 spiro atoms. The lowest BCUT2D eigenvalue weighted by atomic mass is 10.2. The van der Waals surface area contributed by atoms with E-state index >= 15 is 0 Å². The van der Waals surface area contributed by atoms with E-state index in [0.29, 0.717) is 5.56 Å². The van der Waals surface area contributed by atoms with Crippen molar-refractivity contribution in [2.24, 2.45) is 0 Å². The molecule has 0 saturated carbocycles. The number of carbonyl (C=O) groups excluding carboxylic acids is 2. The number of amides is 1. The number of halogens is 3. The molecule has 0 aliphatic carbocycles. The number of ether oxygens (including phenoxy) is 1. The van der Waals surface area contributed by atoms with Gasteiger partial charge < -0.3 is 9.64 Å². The second-order valence-corrected chi connectivity index (χ2v) is 5.42. The smallest absolute Gasteiger partial charge is 0.343 e. The van der Waals surface area contributed by atoms with E-state index in [-0.39, 0.29) is 11.6 Å². The largest absolute Gasteiger partial charge is 0.452 e. The third-order valence-corrected chi connectivity index (χ3v) is 3.60. The van der Waals surface area contributed by atoms with Crippen LogP contribution in [0.15, 0.2) is 42.5 Å². The summed E-state index contributed by atoms with van der Waals surface area (Å²) in [6.45, 7) is -0.585. The maximum absolute atomic E-state index is 13.6. The zero-order chi connectivity index (χ0) is 17.7. The number of hydrogen-bond donors (Lipinski definition) is 0. The van der Waals surface area contributed by atoms with Crippen molar-refractivity contribution in [2.45, 2.75) is 6.54 Å². The summed E-state index contributed by atoms with van der Waals surface area (Å²) in [4.78, 5) is 25.0. The van der Waals surface area contributed by atoms with Gasteiger partial charge in [0.05, 0.1) is 5.02 Å². The van der Waals surface area contributed by atoms with Crippen molar-refractivity contribution in [1.82, 2.24) is 4.90 Å². The van der Waals surface area contributed by atoms with E-state index in [1.165, 1.54) is 30.1 Å². The van der Waals surface area contributed by atoms with E-state index in [0.717, 1.165) is 6.07 Å². The highest BCUT2D eigenvalue weighted by molar-refractivity contribution is 6.33. The summed E-state index contributed by atoms with van der Waals surface area (Å²) in [5.74, 6) is -2.86. The number of rotatable bonds is 5. The van der Waals surface area contributed by atoms with Crippen LogP contribution in [0.5, 0.6) is 0 Å². The lowest BCUT2D eigenvalue weighted by Crippen LogP contribution is -2.31. The van der Waals surface area contributed by atoms with E-state index in [9.17, 15) is 18.4 Å². The molecular weight excluding hydrogens is 340 g/mol. The first kappa shape index (κ1) is 17.9. The molecule has 0 aliphatic heterocycles. The molecular formula is C17H14ClF2NO3. The lowest BCUT2D eigenvalue weighted by Gasteiger charge is -2.17. The molecule has 0 heterocycles. The second kappa shape index (κ2) is 7.88. The van der Waals surface area contributed by atoms with Gasteiger partial charge in [-0.1, -0.05) is 35.9 Å². The van der Waals surface area contributed by atoms with Gasteiger partial charge in [-0.25, -0.2) is 13.6 Å². The number of likely N-dealkylation sites (N-methyl/N-ethyl adjacent to an activating group) is 1. The molecule has 1 amide bonds. The molecule has 0 aliphatic rings. The van der Waals surface area contributed by atoms with Crippen LogP contribution >= 0.6 is 11.6 Å². The highest BCUT2D eigenvalue weighted by atomic mass is 35.5. The average Bonchev–Trinajstić information content (AvgIpc) is 2.54. The van der Waals surface area contributed by atoms with Gasteiger partial charge in [0.25, 0.3) is 5.91 Å². The molecule has 0 saturated heterocycles. The predicted octanol–water partition coefficient (Wildman–Crippen LogP) is 3.43. The number of benzene rings is 2. The molecule has 7 heteroatoms. The summed E-state index contributed by atoms with van der Waals surface area (Å²) in [5, 5.41) is -0.104. The third-order valence-electron chi connectivity index (χ3n) is 3.28. The number of hydrogen-bond acceptors (Lipinski definition) is 3. The summed E-state index contributed by atoms with van der Waals surface area (Å²) >= 11 is 5.75. The molecule has 126 valence electrons. The zero-order valence-electron chi connectivity index (χ0n) is 12.8. The molecule has 24 heavy (non-hydrogen) atoms. The molecule has 4 nitrogen and oxygen atoms in total.